The molecule has 1 aliphatic heterocycles. The summed E-state index contributed by atoms with van der Waals surface area (Å²) in [6.07, 6.45) is 3.66. The smallest absolute Gasteiger partial charge is 0.151 e. The largest absolute Gasteiger partial charge is 0.497 e. The third-order valence-corrected chi connectivity index (χ3v) is 3.79. The van der Waals surface area contributed by atoms with E-state index in [2.05, 4.69) is 18.8 Å². The summed E-state index contributed by atoms with van der Waals surface area (Å²) in [6.45, 7) is 6.80. The quantitative estimate of drug-likeness (QED) is 0.846. The molecular weight excluding hydrogens is 266 g/mol. The Labute approximate surface area is 126 Å². The molecule has 0 aromatic heterocycles. The zero-order valence-corrected chi connectivity index (χ0v) is 13.0. The lowest BCUT2D eigenvalue weighted by Gasteiger charge is -2.30. The Hall–Kier alpha value is -2.01. The lowest BCUT2D eigenvalue weighted by Crippen LogP contribution is -2.35. The number of rotatable bonds is 5. The van der Waals surface area contributed by atoms with Gasteiger partial charge in [0.05, 0.1) is 19.5 Å². The fraction of sp³-hybridized carbons (Fsp3) is 0.438. The second kappa shape index (κ2) is 6.63. The van der Waals surface area contributed by atoms with Gasteiger partial charge >= 0.3 is 0 Å². The maximum absolute atomic E-state index is 10.2. The van der Waals surface area contributed by atoms with Gasteiger partial charge in [0.15, 0.2) is 5.82 Å². The summed E-state index contributed by atoms with van der Waals surface area (Å²) in [5.74, 6) is 1.78. The van der Waals surface area contributed by atoms with Gasteiger partial charge in [-0.2, -0.15) is 0 Å². The molecule has 0 saturated carbocycles. The van der Waals surface area contributed by atoms with E-state index in [1.54, 1.807) is 13.4 Å². The normalized spacial score (nSPS) is 15.9. The molecule has 0 saturated heterocycles. The molecule has 21 heavy (non-hydrogen) atoms. The van der Waals surface area contributed by atoms with Crippen LogP contribution in [0.25, 0.3) is 0 Å². The van der Waals surface area contributed by atoms with Crippen LogP contribution in [-0.2, 0) is 0 Å². The van der Waals surface area contributed by atoms with Gasteiger partial charge < -0.3 is 9.64 Å². The van der Waals surface area contributed by atoms with E-state index >= 15 is 0 Å². The minimum absolute atomic E-state index is 0.0286. The second-order valence-electron chi connectivity index (χ2n) is 5.49. The van der Waals surface area contributed by atoms with Crippen LogP contribution in [0.15, 0.2) is 41.2 Å². The minimum Gasteiger partial charge on any atom is -0.497 e. The number of nitrogens with zero attached hydrogens (tertiary/aromatic N) is 3. The van der Waals surface area contributed by atoms with E-state index in [1.165, 1.54) is 5.06 Å². The fourth-order valence-corrected chi connectivity index (χ4v) is 2.00. The number of anilines is 1. The van der Waals surface area contributed by atoms with Crippen molar-refractivity contribution in [2.24, 2.45) is 10.9 Å². The Morgan fingerprint density at radius 3 is 2.38 bits per heavy atom. The van der Waals surface area contributed by atoms with Crippen molar-refractivity contribution in [1.29, 1.82) is 0 Å². The van der Waals surface area contributed by atoms with Crippen LogP contribution in [0.3, 0.4) is 0 Å². The van der Waals surface area contributed by atoms with Crippen molar-refractivity contribution in [2.75, 3.05) is 18.6 Å². The minimum atomic E-state index is 0.0286. The number of hydroxylamine groups is 2. The first-order chi connectivity index (χ1) is 10.0. The van der Waals surface area contributed by atoms with Gasteiger partial charge in [-0.1, -0.05) is 13.8 Å². The topological polar surface area (TPSA) is 48.3 Å². The van der Waals surface area contributed by atoms with Crippen molar-refractivity contribution >= 4 is 12.0 Å². The van der Waals surface area contributed by atoms with Crippen molar-refractivity contribution in [3.63, 3.8) is 0 Å². The second-order valence-corrected chi connectivity index (χ2v) is 5.49. The zero-order chi connectivity index (χ0) is 15.4. The summed E-state index contributed by atoms with van der Waals surface area (Å²) in [5, 5.41) is 11.4. The Morgan fingerprint density at radius 2 is 1.90 bits per heavy atom. The molecule has 0 amide bonds. The molecule has 0 spiro atoms. The van der Waals surface area contributed by atoms with Gasteiger partial charge in [-0.15, -0.1) is 0 Å². The molecule has 5 nitrogen and oxygen atoms in total. The molecule has 1 aliphatic rings. The third-order valence-electron chi connectivity index (χ3n) is 3.79. The zero-order valence-electron chi connectivity index (χ0n) is 13.0. The van der Waals surface area contributed by atoms with Crippen LogP contribution in [0.1, 0.15) is 20.8 Å². The highest BCUT2D eigenvalue weighted by Crippen LogP contribution is 2.21. The van der Waals surface area contributed by atoms with Crippen LogP contribution in [0.2, 0.25) is 0 Å². The number of benzene rings is 1. The molecule has 0 bridgehead atoms. The van der Waals surface area contributed by atoms with Crippen molar-refractivity contribution < 1.29 is 9.94 Å². The standard InChI is InChI=1S/C16H23N3O2/c1-12(2)13(3)19(20)16-9-10-18(11-17-16)14-5-7-15(21-4)8-6-14/h5-9,11-13,20H,10H2,1-4H3/t13-/m0/s1. The molecule has 0 radical (unpaired) electrons. The predicted molar refractivity (Wildman–Crippen MR) is 84.8 cm³/mol. The van der Waals surface area contributed by atoms with Crippen molar-refractivity contribution in [2.45, 2.75) is 26.8 Å². The molecular formula is C16H23N3O2. The predicted octanol–water partition coefficient (Wildman–Crippen LogP) is 3.12. The van der Waals surface area contributed by atoms with E-state index in [4.69, 9.17) is 4.74 Å². The summed E-state index contributed by atoms with van der Waals surface area (Å²) in [4.78, 5) is 6.35. The van der Waals surface area contributed by atoms with Gasteiger partial charge in [0, 0.05) is 12.2 Å². The highest BCUT2D eigenvalue weighted by atomic mass is 16.5. The van der Waals surface area contributed by atoms with Gasteiger partial charge in [-0.3, -0.25) is 5.21 Å². The molecule has 1 aromatic rings. The molecule has 1 heterocycles. The number of aliphatic imine (C=N–C) groups is 1. The van der Waals surface area contributed by atoms with Crippen LogP contribution >= 0.6 is 0 Å². The Balaban J connectivity index is 2.03. The molecule has 1 aromatic carbocycles. The maximum atomic E-state index is 10.2. The highest BCUT2D eigenvalue weighted by molar-refractivity contribution is 5.81. The summed E-state index contributed by atoms with van der Waals surface area (Å²) in [5.41, 5.74) is 1.04. The van der Waals surface area contributed by atoms with E-state index in [0.29, 0.717) is 18.3 Å². The molecule has 0 fully saturated rings. The van der Waals surface area contributed by atoms with Crippen LogP contribution in [0, 0.1) is 5.92 Å². The average molecular weight is 289 g/mol. The number of ether oxygens (including phenoxy) is 1. The van der Waals surface area contributed by atoms with Crippen LogP contribution < -0.4 is 9.64 Å². The summed E-state index contributed by atoms with van der Waals surface area (Å²) >= 11 is 0. The maximum Gasteiger partial charge on any atom is 0.151 e. The average Bonchev–Trinajstić information content (AvgIpc) is 2.53. The summed E-state index contributed by atoms with van der Waals surface area (Å²) in [6, 6.07) is 7.83. The van der Waals surface area contributed by atoms with E-state index in [-0.39, 0.29) is 6.04 Å². The number of hydrogen-bond donors (Lipinski definition) is 1. The van der Waals surface area contributed by atoms with E-state index < -0.39 is 0 Å². The Morgan fingerprint density at radius 1 is 1.24 bits per heavy atom. The first-order valence-electron chi connectivity index (χ1n) is 7.16. The van der Waals surface area contributed by atoms with Crippen LogP contribution in [0.5, 0.6) is 5.75 Å². The molecule has 5 heteroatoms. The van der Waals surface area contributed by atoms with E-state index in [9.17, 15) is 5.21 Å². The van der Waals surface area contributed by atoms with Gasteiger partial charge in [0.25, 0.3) is 0 Å². The number of hydrogen-bond acceptors (Lipinski definition) is 5. The Bertz CT molecular complexity index is 523. The van der Waals surface area contributed by atoms with E-state index in [0.717, 1.165) is 11.4 Å². The van der Waals surface area contributed by atoms with Gasteiger partial charge in [0.2, 0.25) is 0 Å². The lowest BCUT2D eigenvalue weighted by atomic mass is 10.1. The van der Waals surface area contributed by atoms with Crippen molar-refractivity contribution in [3.8, 4) is 5.75 Å². The fourth-order valence-electron chi connectivity index (χ4n) is 2.00. The van der Waals surface area contributed by atoms with Crippen LogP contribution in [0.4, 0.5) is 5.69 Å². The molecule has 0 aliphatic carbocycles. The summed E-state index contributed by atoms with van der Waals surface area (Å²) in [7, 11) is 1.65. The Kier molecular flexibility index (Phi) is 4.85. The highest BCUT2D eigenvalue weighted by Gasteiger charge is 2.19. The van der Waals surface area contributed by atoms with E-state index in [1.807, 2.05) is 42.2 Å². The van der Waals surface area contributed by atoms with Gasteiger partial charge in [-0.05, 0) is 43.2 Å². The molecule has 1 N–H and O–H groups in total. The third kappa shape index (κ3) is 3.55. The van der Waals surface area contributed by atoms with Crippen molar-refractivity contribution in [3.05, 3.63) is 36.2 Å². The molecule has 114 valence electrons. The summed E-state index contributed by atoms with van der Waals surface area (Å²) < 4.78 is 5.15. The monoisotopic (exact) mass is 289 g/mol. The van der Waals surface area contributed by atoms with Gasteiger partial charge in [-0.25, -0.2) is 10.1 Å². The lowest BCUT2D eigenvalue weighted by molar-refractivity contribution is -0.101. The molecule has 1 atom stereocenters. The SMILES string of the molecule is COc1ccc(N2C=NC(N(O)[C@@H](C)C(C)C)=CC2)cc1. The number of methoxy groups -OCH3 is 1. The molecule has 2 rings (SSSR count). The van der Waals surface area contributed by atoms with Crippen molar-refractivity contribution in [1.82, 2.24) is 5.06 Å². The first-order valence-corrected chi connectivity index (χ1v) is 7.16. The first kappa shape index (κ1) is 15.4. The van der Waals surface area contributed by atoms with Crippen LogP contribution in [-0.4, -0.2) is 36.3 Å². The van der Waals surface area contributed by atoms with Gasteiger partial charge in [0.1, 0.15) is 5.75 Å². The molecule has 0 unspecified atom stereocenters.